The van der Waals surface area contributed by atoms with Gasteiger partial charge >= 0.3 is 0 Å². The number of nitrogens with two attached hydrogens (primary N) is 1. The summed E-state index contributed by atoms with van der Waals surface area (Å²) in [6.45, 7) is 5.81. The van der Waals surface area contributed by atoms with Crippen molar-refractivity contribution in [1.82, 2.24) is 16.0 Å². The van der Waals surface area contributed by atoms with E-state index < -0.39 is 12.5 Å². The van der Waals surface area contributed by atoms with E-state index >= 15 is 0 Å². The summed E-state index contributed by atoms with van der Waals surface area (Å²) in [5.41, 5.74) is 8.97. The van der Waals surface area contributed by atoms with E-state index in [4.69, 9.17) is 10.8 Å². The van der Waals surface area contributed by atoms with Gasteiger partial charge in [0.05, 0.1) is 12.8 Å². The van der Waals surface area contributed by atoms with Gasteiger partial charge in [-0.2, -0.15) is 0 Å². The highest BCUT2D eigenvalue weighted by atomic mass is 31.0. The van der Waals surface area contributed by atoms with Crippen LogP contribution in [0.1, 0.15) is 60.3 Å². The second-order valence-electron chi connectivity index (χ2n) is 8.24. The predicted octanol–water partition coefficient (Wildman–Crippen LogP) is 3.03. The molecule has 9 heteroatoms. The largest absolute Gasteiger partial charge is 0.393 e. The van der Waals surface area contributed by atoms with Crippen molar-refractivity contribution in [1.29, 1.82) is 0 Å². The molecule has 0 aliphatic heterocycles. The van der Waals surface area contributed by atoms with Crippen LogP contribution in [0.25, 0.3) is 0 Å². The Morgan fingerprint density at radius 2 is 2.00 bits per heavy atom. The van der Waals surface area contributed by atoms with Crippen LogP contribution in [0.4, 0.5) is 4.39 Å². The van der Waals surface area contributed by atoms with Crippen molar-refractivity contribution >= 4 is 21.4 Å². The molecule has 0 radical (unpaired) electrons. The maximum atomic E-state index is 12.6. The van der Waals surface area contributed by atoms with E-state index in [1.165, 1.54) is 0 Å². The van der Waals surface area contributed by atoms with Crippen LogP contribution in [0.2, 0.25) is 0 Å². The molecule has 0 heterocycles. The molecule has 6 N–H and O–H groups in total. The molecule has 194 valence electrons. The number of nitrogens with one attached hydrogen (secondary N) is 3. The second kappa shape index (κ2) is 17.2. The lowest BCUT2D eigenvalue weighted by atomic mass is 9.89. The highest BCUT2D eigenvalue weighted by Crippen LogP contribution is 2.21. The number of aliphatic hydroxyl groups is 1. The molecular formula is C26H40FN4O3P. The van der Waals surface area contributed by atoms with E-state index in [0.29, 0.717) is 17.7 Å². The topological polar surface area (TPSA) is 116 Å². The summed E-state index contributed by atoms with van der Waals surface area (Å²) >= 11 is 0. The molecule has 0 aromatic heterocycles. The van der Waals surface area contributed by atoms with Gasteiger partial charge in [0.25, 0.3) is 5.91 Å². The minimum atomic E-state index is -1.14. The number of amides is 1. The zero-order chi connectivity index (χ0) is 26.2. The number of rotatable bonds is 11. The Hall–Kier alpha value is -2.22. The van der Waals surface area contributed by atoms with Crippen molar-refractivity contribution in [3.05, 3.63) is 71.3 Å². The Morgan fingerprint density at radius 1 is 1.34 bits per heavy atom. The van der Waals surface area contributed by atoms with Crippen LogP contribution in [0.15, 0.2) is 54.7 Å². The lowest BCUT2D eigenvalue weighted by Gasteiger charge is -2.33. The monoisotopic (exact) mass is 506 g/mol. The average molecular weight is 507 g/mol. The SMILES string of the molecule is C=C/C(=C\C=C/C)C(=O)NC1CCCCC1NCc1ccc(C(N)NC)cc1C=O.OCC(F)P. The van der Waals surface area contributed by atoms with E-state index in [9.17, 15) is 14.0 Å². The highest BCUT2D eigenvalue weighted by Gasteiger charge is 2.26. The van der Waals surface area contributed by atoms with Gasteiger partial charge in [0.2, 0.25) is 0 Å². The van der Waals surface area contributed by atoms with E-state index in [-0.39, 0.29) is 24.2 Å². The summed E-state index contributed by atoms with van der Waals surface area (Å²) in [4.78, 5) is 24.2. The van der Waals surface area contributed by atoms with Gasteiger partial charge in [-0.05, 0) is 50.1 Å². The van der Waals surface area contributed by atoms with Crippen molar-refractivity contribution in [2.24, 2.45) is 5.73 Å². The zero-order valence-electron chi connectivity index (χ0n) is 20.7. The summed E-state index contributed by atoms with van der Waals surface area (Å²) in [7, 11) is 3.60. The molecule has 7 nitrogen and oxygen atoms in total. The molecule has 1 aromatic carbocycles. The van der Waals surface area contributed by atoms with Crippen molar-refractivity contribution in [3.63, 3.8) is 0 Å². The predicted molar refractivity (Wildman–Crippen MR) is 144 cm³/mol. The minimum Gasteiger partial charge on any atom is -0.393 e. The minimum absolute atomic E-state index is 0.0388. The first-order valence-corrected chi connectivity index (χ1v) is 12.5. The molecule has 0 spiro atoms. The van der Waals surface area contributed by atoms with Crippen molar-refractivity contribution in [2.75, 3.05) is 13.7 Å². The van der Waals surface area contributed by atoms with Gasteiger partial charge in [0, 0.05) is 29.8 Å². The summed E-state index contributed by atoms with van der Waals surface area (Å²) in [5.74, 6) is -1.25. The van der Waals surface area contributed by atoms with Gasteiger partial charge in [-0.15, -0.1) is 0 Å². The fraction of sp³-hybridized carbons (Fsp3) is 0.462. The lowest BCUT2D eigenvalue weighted by Crippen LogP contribution is -2.51. The fourth-order valence-corrected chi connectivity index (χ4v) is 3.72. The van der Waals surface area contributed by atoms with Crippen molar-refractivity contribution in [3.8, 4) is 0 Å². The third-order valence-corrected chi connectivity index (χ3v) is 5.94. The highest BCUT2D eigenvalue weighted by molar-refractivity contribution is 7.17. The van der Waals surface area contributed by atoms with Crippen LogP contribution >= 0.6 is 9.24 Å². The number of aliphatic hydroxyl groups excluding tert-OH is 1. The number of halogens is 1. The first-order chi connectivity index (χ1) is 16.8. The molecule has 1 saturated carbocycles. The number of alkyl halides is 1. The average Bonchev–Trinajstić information content (AvgIpc) is 2.88. The molecule has 5 atom stereocenters. The Bertz CT molecular complexity index is 876. The first-order valence-electron chi connectivity index (χ1n) is 11.8. The number of benzene rings is 1. The van der Waals surface area contributed by atoms with Gasteiger partial charge in [-0.25, -0.2) is 4.39 Å². The molecular weight excluding hydrogens is 466 g/mol. The summed E-state index contributed by atoms with van der Waals surface area (Å²) < 4.78 is 11.1. The van der Waals surface area contributed by atoms with E-state index in [2.05, 4.69) is 22.5 Å². The van der Waals surface area contributed by atoms with Crippen LogP contribution < -0.4 is 21.7 Å². The fourth-order valence-electron chi connectivity index (χ4n) is 3.72. The summed E-state index contributed by atoms with van der Waals surface area (Å²) in [5, 5.41) is 17.4. The normalized spacial score (nSPS) is 19.9. The molecule has 35 heavy (non-hydrogen) atoms. The van der Waals surface area contributed by atoms with E-state index in [1.54, 1.807) is 19.2 Å². The maximum Gasteiger partial charge on any atom is 0.251 e. The molecule has 1 fully saturated rings. The number of hydrogen-bond acceptors (Lipinski definition) is 6. The Labute approximate surface area is 210 Å². The standard InChI is InChI=1S/C24H34N4O2.C2H6FOP/c1-4-6-9-17(5-2)24(30)28-22-11-8-7-10-21(22)27-15-19-13-12-18(23(25)26-3)14-20(19)16-29;3-2(5)1-4/h4-6,9,12-14,16,21-23,26-27H,2,7-8,10-11,15,25H2,1,3H3,(H,28,30);2,4H,1,5H2/b6-4-,17-9+;. The van der Waals surface area contributed by atoms with Crippen molar-refractivity contribution < 1.29 is 19.1 Å². The number of hydrogen-bond donors (Lipinski definition) is 5. The van der Waals surface area contributed by atoms with Gasteiger partial charge in [-0.3, -0.25) is 9.59 Å². The molecule has 1 amide bonds. The molecule has 0 saturated heterocycles. The Kier molecular flexibility index (Phi) is 15.2. The van der Waals surface area contributed by atoms with Crippen LogP contribution in [0, 0.1) is 0 Å². The third-order valence-electron chi connectivity index (χ3n) is 5.73. The molecule has 0 bridgehead atoms. The quantitative estimate of drug-likeness (QED) is 0.104. The van der Waals surface area contributed by atoms with Crippen molar-refractivity contribution in [2.45, 2.75) is 63.3 Å². The zero-order valence-corrected chi connectivity index (χ0v) is 21.8. The summed E-state index contributed by atoms with van der Waals surface area (Å²) in [6.07, 6.45) is 11.7. The molecule has 1 aliphatic rings. The smallest absolute Gasteiger partial charge is 0.251 e. The second-order valence-corrected chi connectivity index (χ2v) is 8.97. The van der Waals surface area contributed by atoms with Crippen LogP contribution in [-0.2, 0) is 11.3 Å². The first kappa shape index (κ1) is 30.8. The number of carbonyl (C=O) groups excluding carboxylic acids is 2. The molecule has 2 rings (SSSR count). The van der Waals surface area contributed by atoms with Gasteiger partial charge in [-0.1, -0.05) is 59.0 Å². The summed E-state index contributed by atoms with van der Waals surface area (Å²) in [6, 6.07) is 5.89. The van der Waals surface area contributed by atoms with Gasteiger partial charge in [0.1, 0.15) is 12.2 Å². The van der Waals surface area contributed by atoms with E-state index in [0.717, 1.165) is 43.1 Å². The van der Waals surface area contributed by atoms with Crippen LogP contribution in [0.3, 0.4) is 0 Å². The Balaban J connectivity index is 0.00000111. The lowest BCUT2D eigenvalue weighted by molar-refractivity contribution is -0.118. The van der Waals surface area contributed by atoms with E-state index in [1.807, 2.05) is 46.5 Å². The molecule has 1 aromatic rings. The number of allylic oxidation sites excluding steroid dienone is 3. The van der Waals surface area contributed by atoms with Gasteiger partial charge in [0.15, 0.2) is 0 Å². The molecule has 1 aliphatic carbocycles. The molecule has 5 unspecified atom stereocenters. The maximum absolute atomic E-state index is 12.6. The number of carbonyl (C=O) groups is 2. The third kappa shape index (κ3) is 10.9. The Morgan fingerprint density at radius 3 is 2.54 bits per heavy atom. The van der Waals surface area contributed by atoms with Crippen LogP contribution in [-0.4, -0.2) is 49.0 Å². The van der Waals surface area contributed by atoms with Gasteiger partial charge < -0.3 is 26.8 Å². The number of aldehydes is 1. The van der Waals surface area contributed by atoms with Crippen LogP contribution in [0.5, 0.6) is 0 Å².